The fourth-order valence-electron chi connectivity index (χ4n) is 3.76. The van der Waals surface area contributed by atoms with E-state index in [-0.39, 0.29) is 12.1 Å². The normalized spacial score (nSPS) is 34.4. The van der Waals surface area contributed by atoms with Crippen LogP contribution in [0, 0.1) is 11.8 Å². The molecule has 1 aliphatic carbocycles. The number of ether oxygens (including phenoxy) is 1. The molecule has 1 heterocycles. The lowest BCUT2D eigenvalue weighted by atomic mass is 9.78. The van der Waals surface area contributed by atoms with Gasteiger partial charge in [-0.3, -0.25) is 4.90 Å². The third kappa shape index (κ3) is 3.87. The molecule has 1 amide bonds. The predicted octanol–water partition coefficient (Wildman–Crippen LogP) is 3.02. The van der Waals surface area contributed by atoms with Crippen molar-refractivity contribution in [2.75, 3.05) is 19.7 Å². The second kappa shape index (κ2) is 7.30. The minimum Gasteiger partial charge on any atom is -0.450 e. The standard InChI is InChI=1S/C16H30N2O2/c1-4-6-13-9-14(17-16(19)20-5-2)11-18(10-13)15-8-7-12(15)3/h12-15H,4-11H2,1-3H3,(H,17,19). The van der Waals surface area contributed by atoms with Crippen molar-refractivity contribution in [1.29, 1.82) is 0 Å². The predicted molar refractivity (Wildman–Crippen MR) is 80.7 cm³/mol. The molecule has 0 spiro atoms. The lowest BCUT2D eigenvalue weighted by Gasteiger charge is -2.48. The Morgan fingerprint density at radius 2 is 2.10 bits per heavy atom. The van der Waals surface area contributed by atoms with Gasteiger partial charge in [-0.2, -0.15) is 0 Å². The molecule has 1 saturated heterocycles. The fraction of sp³-hybridized carbons (Fsp3) is 0.938. The molecule has 0 bridgehead atoms. The Balaban J connectivity index is 1.91. The molecule has 4 nitrogen and oxygen atoms in total. The SMILES string of the molecule is CCCC1CC(NC(=O)OCC)CN(C2CCC2C)C1. The Kier molecular flexibility index (Phi) is 5.70. The molecule has 2 rings (SSSR count). The van der Waals surface area contributed by atoms with Crippen LogP contribution < -0.4 is 5.32 Å². The molecule has 1 aliphatic heterocycles. The maximum atomic E-state index is 11.6. The largest absolute Gasteiger partial charge is 0.450 e. The van der Waals surface area contributed by atoms with Crippen LogP contribution in [0.25, 0.3) is 0 Å². The monoisotopic (exact) mass is 282 g/mol. The first-order chi connectivity index (χ1) is 9.63. The van der Waals surface area contributed by atoms with Gasteiger partial charge in [0.15, 0.2) is 0 Å². The molecule has 2 aliphatic rings. The van der Waals surface area contributed by atoms with Crippen molar-refractivity contribution in [2.24, 2.45) is 11.8 Å². The van der Waals surface area contributed by atoms with Gasteiger partial charge in [-0.15, -0.1) is 0 Å². The van der Waals surface area contributed by atoms with Gasteiger partial charge in [0.25, 0.3) is 0 Å². The first-order valence-electron chi connectivity index (χ1n) is 8.31. The van der Waals surface area contributed by atoms with Crippen molar-refractivity contribution in [3.63, 3.8) is 0 Å². The summed E-state index contributed by atoms with van der Waals surface area (Å²) >= 11 is 0. The van der Waals surface area contributed by atoms with E-state index in [0.717, 1.165) is 24.9 Å². The summed E-state index contributed by atoms with van der Waals surface area (Å²) in [6, 6.07) is 0.994. The van der Waals surface area contributed by atoms with Crippen LogP contribution in [-0.2, 0) is 4.74 Å². The van der Waals surface area contributed by atoms with Crippen LogP contribution in [0.5, 0.6) is 0 Å². The number of hydrogen-bond acceptors (Lipinski definition) is 3. The zero-order chi connectivity index (χ0) is 14.5. The lowest BCUT2D eigenvalue weighted by molar-refractivity contribution is 0.0205. The number of rotatable bonds is 5. The van der Waals surface area contributed by atoms with Crippen molar-refractivity contribution in [2.45, 2.75) is 65.0 Å². The van der Waals surface area contributed by atoms with Crippen LogP contribution in [0.2, 0.25) is 0 Å². The lowest BCUT2D eigenvalue weighted by Crippen LogP contribution is -2.57. The Labute approximate surface area is 123 Å². The van der Waals surface area contributed by atoms with Gasteiger partial charge in [-0.05, 0) is 44.4 Å². The van der Waals surface area contributed by atoms with Crippen molar-refractivity contribution in [3.8, 4) is 0 Å². The maximum Gasteiger partial charge on any atom is 0.407 e. The molecule has 20 heavy (non-hydrogen) atoms. The van der Waals surface area contributed by atoms with Gasteiger partial charge in [0.2, 0.25) is 0 Å². The van der Waals surface area contributed by atoms with E-state index in [1.807, 2.05) is 6.92 Å². The summed E-state index contributed by atoms with van der Waals surface area (Å²) in [7, 11) is 0. The topological polar surface area (TPSA) is 41.6 Å². The molecule has 4 unspecified atom stereocenters. The zero-order valence-corrected chi connectivity index (χ0v) is 13.2. The van der Waals surface area contributed by atoms with Crippen LogP contribution in [-0.4, -0.2) is 42.8 Å². The maximum absolute atomic E-state index is 11.6. The number of nitrogens with zero attached hydrogens (tertiary/aromatic N) is 1. The number of amides is 1. The molecule has 0 aromatic carbocycles. The molecule has 0 radical (unpaired) electrons. The average Bonchev–Trinajstić information content (AvgIpc) is 2.37. The summed E-state index contributed by atoms with van der Waals surface area (Å²) in [6.45, 7) is 9.10. The quantitative estimate of drug-likeness (QED) is 0.842. The van der Waals surface area contributed by atoms with Gasteiger partial charge < -0.3 is 10.1 Å². The van der Waals surface area contributed by atoms with Gasteiger partial charge in [-0.25, -0.2) is 4.79 Å². The van der Waals surface area contributed by atoms with E-state index in [9.17, 15) is 4.79 Å². The van der Waals surface area contributed by atoms with E-state index >= 15 is 0 Å². The van der Waals surface area contributed by atoms with Crippen LogP contribution in [0.1, 0.15) is 52.9 Å². The molecule has 1 saturated carbocycles. The summed E-state index contributed by atoms with van der Waals surface area (Å²) in [5, 5.41) is 3.05. The summed E-state index contributed by atoms with van der Waals surface area (Å²) in [5.41, 5.74) is 0. The zero-order valence-electron chi connectivity index (χ0n) is 13.2. The van der Waals surface area contributed by atoms with Crippen LogP contribution in [0.15, 0.2) is 0 Å². The molecule has 1 N–H and O–H groups in total. The Morgan fingerprint density at radius 3 is 2.65 bits per heavy atom. The number of alkyl carbamates (subject to hydrolysis) is 1. The molecular formula is C16H30N2O2. The first kappa shape index (κ1) is 15.6. The summed E-state index contributed by atoms with van der Waals surface area (Å²) in [5.74, 6) is 1.53. The Bertz CT molecular complexity index is 322. The van der Waals surface area contributed by atoms with Crippen LogP contribution in [0.3, 0.4) is 0 Å². The van der Waals surface area contributed by atoms with Crippen molar-refractivity contribution in [3.05, 3.63) is 0 Å². The van der Waals surface area contributed by atoms with E-state index in [4.69, 9.17) is 4.74 Å². The highest BCUT2D eigenvalue weighted by atomic mass is 16.5. The minimum atomic E-state index is -0.253. The fourth-order valence-corrected chi connectivity index (χ4v) is 3.76. The smallest absolute Gasteiger partial charge is 0.407 e. The molecular weight excluding hydrogens is 252 g/mol. The van der Waals surface area contributed by atoms with E-state index in [1.165, 1.54) is 32.2 Å². The summed E-state index contributed by atoms with van der Waals surface area (Å²) in [4.78, 5) is 14.3. The van der Waals surface area contributed by atoms with Crippen LogP contribution >= 0.6 is 0 Å². The summed E-state index contributed by atoms with van der Waals surface area (Å²) in [6.07, 6.45) is 6.02. The average molecular weight is 282 g/mol. The third-order valence-corrected chi connectivity index (χ3v) is 4.90. The highest BCUT2D eigenvalue weighted by Gasteiger charge is 2.37. The van der Waals surface area contributed by atoms with Gasteiger partial charge in [0, 0.05) is 25.2 Å². The molecule has 2 fully saturated rings. The third-order valence-electron chi connectivity index (χ3n) is 4.90. The number of likely N-dealkylation sites (tertiary alicyclic amines) is 1. The van der Waals surface area contributed by atoms with Gasteiger partial charge >= 0.3 is 6.09 Å². The van der Waals surface area contributed by atoms with Crippen molar-refractivity contribution < 1.29 is 9.53 Å². The second-order valence-corrected chi connectivity index (χ2v) is 6.53. The van der Waals surface area contributed by atoms with E-state index < -0.39 is 0 Å². The number of piperidine rings is 1. The van der Waals surface area contributed by atoms with Gasteiger partial charge in [0.05, 0.1) is 6.61 Å². The van der Waals surface area contributed by atoms with Crippen molar-refractivity contribution >= 4 is 6.09 Å². The highest BCUT2D eigenvalue weighted by molar-refractivity contribution is 5.67. The van der Waals surface area contributed by atoms with Gasteiger partial charge in [0.1, 0.15) is 0 Å². The Hall–Kier alpha value is -0.770. The first-order valence-corrected chi connectivity index (χ1v) is 8.31. The summed E-state index contributed by atoms with van der Waals surface area (Å²) < 4.78 is 5.03. The molecule has 0 aromatic heterocycles. The van der Waals surface area contributed by atoms with E-state index in [2.05, 4.69) is 24.1 Å². The van der Waals surface area contributed by atoms with E-state index in [1.54, 1.807) is 0 Å². The molecule has 4 atom stereocenters. The van der Waals surface area contributed by atoms with Crippen LogP contribution in [0.4, 0.5) is 4.79 Å². The second-order valence-electron chi connectivity index (χ2n) is 6.53. The number of carbonyl (C=O) groups is 1. The molecule has 116 valence electrons. The van der Waals surface area contributed by atoms with E-state index in [0.29, 0.717) is 12.5 Å². The highest BCUT2D eigenvalue weighted by Crippen LogP contribution is 2.35. The number of carbonyl (C=O) groups excluding carboxylic acids is 1. The van der Waals surface area contributed by atoms with Crippen molar-refractivity contribution in [1.82, 2.24) is 10.2 Å². The number of nitrogens with one attached hydrogen (secondary N) is 1. The number of hydrogen-bond donors (Lipinski definition) is 1. The Morgan fingerprint density at radius 1 is 1.30 bits per heavy atom. The molecule has 0 aromatic rings. The minimum absolute atomic E-state index is 0.253. The molecule has 4 heteroatoms. The van der Waals surface area contributed by atoms with Gasteiger partial charge in [-0.1, -0.05) is 20.3 Å².